The standard InChI is InChI=1S/C36H30N4O6S2/c1-17(41)37-25-15-23(19-11-7-9-13-21(19)29(25)43)35-39(3)27-31(45-5)34-28(32(46-6)33(27)47-35)40(4)36(48-34)24-16-26(38-18(2)42)30(44)22-14-10-8-12-20(22)24/h7-16H,1-6H3,(H,37,41)(H,38,42). The maximum Gasteiger partial charge on any atom is 0.221 e. The van der Waals surface area contributed by atoms with Crippen LogP contribution in [0.4, 0.5) is 11.4 Å². The molecule has 0 fully saturated rings. The maximum atomic E-state index is 13.3. The van der Waals surface area contributed by atoms with E-state index in [1.165, 1.54) is 37.4 Å². The number of carbonyl (C=O) groups is 4. The average molecular weight is 679 g/mol. The molecule has 0 spiro atoms. The van der Waals surface area contributed by atoms with E-state index in [2.05, 4.69) is 10.6 Å². The van der Waals surface area contributed by atoms with Crippen LogP contribution in [0.5, 0.6) is 11.5 Å². The Bertz CT molecular complexity index is 2000. The minimum atomic E-state index is -0.331. The molecule has 0 bridgehead atoms. The molecule has 12 heteroatoms. The van der Waals surface area contributed by atoms with Gasteiger partial charge < -0.3 is 29.9 Å². The number of ketones is 2. The summed E-state index contributed by atoms with van der Waals surface area (Å²) in [5.41, 5.74) is 6.10. The summed E-state index contributed by atoms with van der Waals surface area (Å²) in [6.07, 6.45) is 3.46. The normalized spacial score (nSPS) is 19.2. The third kappa shape index (κ3) is 4.74. The molecule has 0 saturated carbocycles. The molecule has 2 aliphatic heterocycles. The minimum absolute atomic E-state index is 0.208. The van der Waals surface area contributed by atoms with Crippen LogP contribution in [-0.4, -0.2) is 51.7 Å². The van der Waals surface area contributed by atoms with E-state index in [0.29, 0.717) is 22.6 Å². The van der Waals surface area contributed by atoms with Crippen molar-refractivity contribution in [1.82, 2.24) is 10.6 Å². The minimum Gasteiger partial charge on any atom is -0.493 e. The monoisotopic (exact) mass is 678 g/mol. The van der Waals surface area contributed by atoms with E-state index < -0.39 is 0 Å². The summed E-state index contributed by atoms with van der Waals surface area (Å²) in [5.74, 6) is 0.115. The van der Waals surface area contributed by atoms with Gasteiger partial charge in [-0.1, -0.05) is 72.1 Å². The molecule has 3 aromatic carbocycles. The van der Waals surface area contributed by atoms with Gasteiger partial charge in [0.2, 0.25) is 23.4 Å². The number of methoxy groups -OCH3 is 2. The number of hydrogen-bond donors (Lipinski definition) is 2. The lowest BCUT2D eigenvalue weighted by atomic mass is 9.90. The predicted molar refractivity (Wildman–Crippen MR) is 187 cm³/mol. The van der Waals surface area contributed by atoms with E-state index in [9.17, 15) is 19.2 Å². The second-order valence-corrected chi connectivity index (χ2v) is 13.4. The number of allylic oxidation sites excluding steroid dienone is 6. The van der Waals surface area contributed by atoms with Gasteiger partial charge in [0, 0.05) is 50.2 Å². The van der Waals surface area contributed by atoms with Gasteiger partial charge in [-0.15, -0.1) is 0 Å². The number of amides is 2. The average Bonchev–Trinajstić information content (AvgIpc) is 3.59. The highest BCUT2D eigenvalue weighted by molar-refractivity contribution is 8.04. The van der Waals surface area contributed by atoms with Crippen molar-refractivity contribution in [3.05, 3.63) is 104 Å². The first kappa shape index (κ1) is 31.4. The molecule has 48 heavy (non-hydrogen) atoms. The summed E-state index contributed by atoms with van der Waals surface area (Å²) in [4.78, 5) is 56.3. The molecule has 2 aliphatic carbocycles. The van der Waals surface area contributed by atoms with Gasteiger partial charge >= 0.3 is 0 Å². The number of carbonyl (C=O) groups excluding carboxylic acids is 4. The number of benzene rings is 3. The lowest BCUT2D eigenvalue weighted by Crippen LogP contribution is -2.28. The third-order valence-electron chi connectivity index (χ3n) is 8.43. The molecule has 2 heterocycles. The number of Topliss-reactive ketones (excluding diaryl/α,β-unsaturated/α-hetero) is 2. The first-order chi connectivity index (χ1) is 23.0. The Morgan fingerprint density at radius 3 is 1.31 bits per heavy atom. The van der Waals surface area contributed by atoms with E-state index in [-0.39, 0.29) is 34.8 Å². The molecule has 0 saturated heterocycles. The number of anilines is 2. The third-order valence-corrected chi connectivity index (χ3v) is 11.0. The summed E-state index contributed by atoms with van der Waals surface area (Å²) in [7, 11) is 7.14. The number of nitrogens with one attached hydrogen (secondary N) is 2. The highest BCUT2D eigenvalue weighted by Gasteiger charge is 2.42. The maximum absolute atomic E-state index is 13.3. The van der Waals surface area contributed by atoms with E-state index in [4.69, 9.17) is 9.47 Å². The van der Waals surface area contributed by atoms with Crippen LogP contribution in [0.1, 0.15) is 45.7 Å². The number of rotatable bonds is 4. The Kier molecular flexibility index (Phi) is 7.72. The Balaban J connectivity index is 1.42. The van der Waals surface area contributed by atoms with Gasteiger partial charge in [0.25, 0.3) is 0 Å². The van der Waals surface area contributed by atoms with E-state index in [1.54, 1.807) is 50.6 Å². The number of hydrogen-bond acceptors (Lipinski definition) is 10. The van der Waals surface area contributed by atoms with Crippen molar-refractivity contribution in [2.24, 2.45) is 0 Å². The molecule has 2 amide bonds. The fraction of sp³-hybridized carbons (Fsp3) is 0.167. The Morgan fingerprint density at radius 1 is 0.625 bits per heavy atom. The quantitative estimate of drug-likeness (QED) is 0.343. The molecule has 0 radical (unpaired) electrons. The van der Waals surface area contributed by atoms with Gasteiger partial charge in [0.1, 0.15) is 11.4 Å². The first-order valence-electron chi connectivity index (χ1n) is 15.0. The number of fused-ring (bicyclic) bond motifs is 4. The molecule has 3 aromatic rings. The molecule has 10 nitrogen and oxygen atoms in total. The van der Waals surface area contributed by atoms with Gasteiger partial charge in [-0.25, -0.2) is 0 Å². The second kappa shape index (κ2) is 11.8. The summed E-state index contributed by atoms with van der Waals surface area (Å²) in [6.45, 7) is 2.76. The lowest BCUT2D eigenvalue weighted by Gasteiger charge is -2.24. The van der Waals surface area contributed by atoms with Gasteiger partial charge in [0.15, 0.2) is 11.5 Å². The summed E-state index contributed by atoms with van der Waals surface area (Å²) < 4.78 is 12.3. The van der Waals surface area contributed by atoms with Crippen LogP contribution in [0.3, 0.4) is 0 Å². The van der Waals surface area contributed by atoms with Crippen LogP contribution in [0, 0.1) is 0 Å². The zero-order chi connectivity index (χ0) is 34.0. The van der Waals surface area contributed by atoms with Crippen LogP contribution in [0.2, 0.25) is 0 Å². The van der Waals surface area contributed by atoms with Crippen molar-refractivity contribution in [3.63, 3.8) is 0 Å². The van der Waals surface area contributed by atoms with Crippen LogP contribution >= 0.6 is 23.5 Å². The van der Waals surface area contributed by atoms with Crippen molar-refractivity contribution in [2.75, 3.05) is 38.1 Å². The predicted octanol–water partition coefficient (Wildman–Crippen LogP) is 5.96. The van der Waals surface area contributed by atoms with Gasteiger partial charge in [0.05, 0.1) is 45.5 Å². The van der Waals surface area contributed by atoms with Crippen LogP contribution in [0.15, 0.2) is 91.9 Å². The molecule has 0 atom stereocenters. The molecule has 0 unspecified atom stereocenters. The van der Waals surface area contributed by atoms with Gasteiger partial charge in [-0.2, -0.15) is 0 Å². The number of nitrogens with zero attached hydrogens (tertiary/aromatic N) is 2. The molecule has 0 aromatic heterocycles. The highest BCUT2D eigenvalue weighted by atomic mass is 32.2. The largest absolute Gasteiger partial charge is 0.493 e. The highest BCUT2D eigenvalue weighted by Crippen LogP contribution is 2.66. The first-order valence-corrected chi connectivity index (χ1v) is 16.6. The van der Waals surface area contributed by atoms with Crippen molar-refractivity contribution in [1.29, 1.82) is 0 Å². The van der Waals surface area contributed by atoms with Crippen LogP contribution in [0.25, 0.3) is 11.1 Å². The fourth-order valence-corrected chi connectivity index (χ4v) is 9.03. The van der Waals surface area contributed by atoms with Crippen molar-refractivity contribution in [2.45, 2.75) is 23.6 Å². The Labute approximate surface area is 285 Å². The zero-order valence-corrected chi connectivity index (χ0v) is 28.6. The molecule has 242 valence electrons. The van der Waals surface area contributed by atoms with E-state index in [0.717, 1.165) is 53.5 Å². The van der Waals surface area contributed by atoms with E-state index >= 15 is 0 Å². The fourth-order valence-electron chi connectivity index (χ4n) is 6.43. The lowest BCUT2D eigenvalue weighted by molar-refractivity contribution is -0.119. The van der Waals surface area contributed by atoms with E-state index in [1.807, 2.05) is 48.2 Å². The van der Waals surface area contributed by atoms with Crippen molar-refractivity contribution in [3.8, 4) is 11.5 Å². The number of ether oxygens (including phenoxy) is 2. The molecular weight excluding hydrogens is 649 g/mol. The zero-order valence-electron chi connectivity index (χ0n) is 26.9. The number of thioether (sulfide) groups is 2. The topological polar surface area (TPSA) is 117 Å². The van der Waals surface area contributed by atoms with Crippen LogP contribution < -0.4 is 29.9 Å². The smallest absolute Gasteiger partial charge is 0.221 e. The molecule has 4 aliphatic rings. The van der Waals surface area contributed by atoms with Crippen molar-refractivity contribution >= 4 is 69.4 Å². The summed E-state index contributed by atoms with van der Waals surface area (Å²) >= 11 is 2.99. The van der Waals surface area contributed by atoms with Gasteiger partial charge in [-0.05, 0) is 23.3 Å². The molecular formula is C36H30N4O6S2. The van der Waals surface area contributed by atoms with Gasteiger partial charge in [-0.3, -0.25) is 19.2 Å². The summed E-state index contributed by atoms with van der Waals surface area (Å²) in [5, 5.41) is 7.08. The molecule has 7 rings (SSSR count). The Hall–Kier alpha value is -5.20. The Morgan fingerprint density at radius 2 is 0.979 bits per heavy atom. The summed E-state index contributed by atoms with van der Waals surface area (Å²) in [6, 6.07) is 14.7. The van der Waals surface area contributed by atoms with Crippen LogP contribution in [-0.2, 0) is 9.59 Å². The SMILES string of the molecule is COc1c2c(c(OC)c3c1N(C)C(=C1C=C(NC(C)=O)C(=O)c4ccccc41)S3)N(C)C(=C1C=C(NC(C)=O)C(=O)c3ccccc31)S2. The van der Waals surface area contributed by atoms with Crippen molar-refractivity contribution < 1.29 is 28.7 Å². The molecule has 2 N–H and O–H groups in total. The second-order valence-electron chi connectivity index (χ2n) is 11.4.